The Bertz CT molecular complexity index is 1150. The monoisotopic (exact) mass is 514 g/mol. The molecule has 3 aromatic rings. The van der Waals surface area contributed by atoms with Crippen molar-refractivity contribution in [3.63, 3.8) is 0 Å². The van der Waals surface area contributed by atoms with Gasteiger partial charge in [0.25, 0.3) is 0 Å². The number of amides is 1. The van der Waals surface area contributed by atoms with Crippen molar-refractivity contribution < 1.29 is 15.0 Å². The molecule has 38 heavy (non-hydrogen) atoms. The van der Waals surface area contributed by atoms with Crippen LogP contribution in [0.5, 0.6) is 5.75 Å². The predicted octanol–water partition coefficient (Wildman–Crippen LogP) is 3.90. The topological polar surface area (TPSA) is 88.9 Å². The van der Waals surface area contributed by atoms with E-state index in [9.17, 15) is 15.0 Å². The number of nitrogens with zero attached hydrogens (tertiary/aromatic N) is 3. The molecule has 1 aliphatic rings. The van der Waals surface area contributed by atoms with Gasteiger partial charge >= 0.3 is 0 Å². The molecular weight excluding hydrogens is 476 g/mol. The number of aliphatic hydroxyl groups is 1. The summed E-state index contributed by atoms with van der Waals surface area (Å²) in [5.41, 5.74) is 4.03. The van der Waals surface area contributed by atoms with Gasteiger partial charge in [0.05, 0.1) is 18.3 Å². The van der Waals surface area contributed by atoms with Gasteiger partial charge in [0.1, 0.15) is 5.75 Å². The summed E-state index contributed by atoms with van der Waals surface area (Å²) in [6.07, 6.45) is 6.35. The van der Waals surface area contributed by atoms with Gasteiger partial charge in [0.15, 0.2) is 0 Å². The molecule has 1 aliphatic heterocycles. The van der Waals surface area contributed by atoms with Crippen LogP contribution in [0.4, 0.5) is 0 Å². The number of piperazine rings is 1. The van der Waals surface area contributed by atoms with E-state index in [1.54, 1.807) is 6.92 Å². The minimum Gasteiger partial charge on any atom is -0.505 e. The van der Waals surface area contributed by atoms with Crippen LogP contribution in [-0.2, 0) is 11.4 Å². The van der Waals surface area contributed by atoms with Crippen LogP contribution in [0, 0.1) is 6.92 Å². The lowest BCUT2D eigenvalue weighted by Crippen LogP contribution is -2.48. The van der Waals surface area contributed by atoms with Crippen LogP contribution in [0.15, 0.2) is 72.9 Å². The fraction of sp³-hybridized carbons (Fsp3) is 0.355. The number of benzene rings is 2. The molecule has 4 rings (SSSR count). The van der Waals surface area contributed by atoms with Crippen LogP contribution in [-0.4, -0.2) is 70.2 Å². The molecule has 0 radical (unpaired) electrons. The maximum Gasteiger partial charge on any atom is 0.244 e. The first-order valence-corrected chi connectivity index (χ1v) is 13.4. The Balaban J connectivity index is 1.19. The standard InChI is InChI=1S/C31H38N4O3/c1-24-31(38)28(27(23-36)22-33-24)14-15-29(37)32-16-8-9-17-34-18-20-35(21-19-34)30(25-10-4-2-5-11-25)26-12-6-3-7-13-26/h2-7,10-15,22,30,36,38H,8-9,16-21,23H2,1H3,(H,32,37)/b15-14+. The van der Waals surface area contributed by atoms with Gasteiger partial charge in [0, 0.05) is 56.1 Å². The van der Waals surface area contributed by atoms with Gasteiger partial charge in [-0.2, -0.15) is 0 Å². The third-order valence-corrected chi connectivity index (χ3v) is 7.13. The number of carbonyl (C=O) groups is 1. The van der Waals surface area contributed by atoms with Crippen LogP contribution >= 0.6 is 0 Å². The Labute approximate surface area is 225 Å². The average molecular weight is 515 g/mol. The molecule has 3 N–H and O–H groups in total. The summed E-state index contributed by atoms with van der Waals surface area (Å²) in [6, 6.07) is 21.8. The van der Waals surface area contributed by atoms with Crippen molar-refractivity contribution >= 4 is 12.0 Å². The minimum atomic E-state index is -0.254. The molecule has 1 saturated heterocycles. The summed E-state index contributed by atoms with van der Waals surface area (Å²) in [4.78, 5) is 21.4. The number of pyridine rings is 1. The zero-order valence-corrected chi connectivity index (χ0v) is 22.1. The molecule has 2 heterocycles. The van der Waals surface area contributed by atoms with Crippen molar-refractivity contribution in [2.45, 2.75) is 32.4 Å². The Kier molecular flexibility index (Phi) is 10.0. The highest BCUT2D eigenvalue weighted by Crippen LogP contribution is 2.29. The average Bonchev–Trinajstić information content (AvgIpc) is 2.95. The summed E-state index contributed by atoms with van der Waals surface area (Å²) in [7, 11) is 0. The molecule has 0 atom stereocenters. The summed E-state index contributed by atoms with van der Waals surface area (Å²) in [6.45, 7) is 7.15. The van der Waals surface area contributed by atoms with Gasteiger partial charge in [0.2, 0.25) is 5.91 Å². The molecule has 1 aromatic heterocycles. The van der Waals surface area contributed by atoms with Crippen molar-refractivity contribution in [1.82, 2.24) is 20.1 Å². The maximum atomic E-state index is 12.2. The van der Waals surface area contributed by atoms with Gasteiger partial charge < -0.3 is 20.4 Å². The Morgan fingerprint density at radius 3 is 2.24 bits per heavy atom. The molecule has 1 fully saturated rings. The number of hydrogen-bond acceptors (Lipinski definition) is 6. The van der Waals surface area contributed by atoms with E-state index in [-0.39, 0.29) is 24.3 Å². The van der Waals surface area contributed by atoms with Gasteiger partial charge in [-0.3, -0.25) is 14.7 Å². The Hall–Kier alpha value is -3.52. The lowest BCUT2D eigenvalue weighted by Gasteiger charge is -2.39. The molecule has 0 bridgehead atoms. The smallest absolute Gasteiger partial charge is 0.244 e. The molecule has 0 aliphatic carbocycles. The van der Waals surface area contributed by atoms with E-state index in [2.05, 4.69) is 80.8 Å². The van der Waals surface area contributed by atoms with Crippen LogP contribution in [0.2, 0.25) is 0 Å². The number of rotatable bonds is 11. The van der Waals surface area contributed by atoms with E-state index < -0.39 is 0 Å². The summed E-state index contributed by atoms with van der Waals surface area (Å²) in [5.74, 6) is -0.233. The van der Waals surface area contributed by atoms with Gasteiger partial charge in [-0.25, -0.2) is 0 Å². The molecular formula is C31H38N4O3. The van der Waals surface area contributed by atoms with Crippen molar-refractivity contribution in [3.8, 4) is 5.75 Å². The fourth-order valence-corrected chi connectivity index (χ4v) is 4.98. The number of hydrogen-bond donors (Lipinski definition) is 3. The Morgan fingerprint density at radius 2 is 1.63 bits per heavy atom. The highest BCUT2D eigenvalue weighted by molar-refractivity contribution is 5.92. The van der Waals surface area contributed by atoms with Crippen molar-refractivity contribution in [1.29, 1.82) is 0 Å². The van der Waals surface area contributed by atoms with Crippen molar-refractivity contribution in [2.75, 3.05) is 39.3 Å². The summed E-state index contributed by atoms with van der Waals surface area (Å²) in [5, 5.41) is 22.6. The van der Waals surface area contributed by atoms with E-state index >= 15 is 0 Å². The second-order valence-corrected chi connectivity index (χ2v) is 9.72. The van der Waals surface area contributed by atoms with Crippen molar-refractivity contribution in [3.05, 3.63) is 101 Å². The lowest BCUT2D eigenvalue weighted by atomic mass is 9.96. The fourth-order valence-electron chi connectivity index (χ4n) is 4.98. The SMILES string of the molecule is Cc1ncc(CO)c(/C=C/C(=O)NCCCCN2CCN(C(c3ccccc3)c3ccccc3)CC2)c1O. The van der Waals surface area contributed by atoms with Crippen LogP contribution in [0.25, 0.3) is 6.08 Å². The molecule has 2 aromatic carbocycles. The van der Waals surface area contributed by atoms with Crippen LogP contribution < -0.4 is 5.32 Å². The predicted molar refractivity (Wildman–Crippen MR) is 151 cm³/mol. The zero-order valence-electron chi connectivity index (χ0n) is 22.1. The number of unbranched alkanes of at least 4 members (excludes halogenated alkanes) is 1. The number of nitrogens with one attached hydrogen (secondary N) is 1. The normalized spacial score (nSPS) is 14.8. The molecule has 7 heteroatoms. The van der Waals surface area contributed by atoms with Gasteiger partial charge in [-0.1, -0.05) is 60.7 Å². The van der Waals surface area contributed by atoms with E-state index in [1.165, 1.54) is 29.5 Å². The zero-order chi connectivity index (χ0) is 26.7. The quantitative estimate of drug-likeness (QED) is 0.266. The number of aryl methyl sites for hydroxylation is 1. The third-order valence-electron chi connectivity index (χ3n) is 7.13. The molecule has 7 nitrogen and oxygen atoms in total. The first-order valence-electron chi connectivity index (χ1n) is 13.4. The van der Waals surface area contributed by atoms with E-state index in [0.29, 0.717) is 23.4 Å². The second-order valence-electron chi connectivity index (χ2n) is 9.72. The molecule has 0 spiro atoms. The first kappa shape index (κ1) is 27.5. The number of aromatic nitrogens is 1. The number of carbonyl (C=O) groups excluding carboxylic acids is 1. The highest BCUT2D eigenvalue weighted by atomic mass is 16.3. The van der Waals surface area contributed by atoms with Crippen molar-refractivity contribution in [2.24, 2.45) is 0 Å². The largest absolute Gasteiger partial charge is 0.505 e. The van der Waals surface area contributed by atoms with E-state index in [1.807, 2.05) is 0 Å². The summed E-state index contributed by atoms with van der Waals surface area (Å²) < 4.78 is 0. The third kappa shape index (κ3) is 7.28. The van der Waals surface area contributed by atoms with Gasteiger partial charge in [-0.05, 0) is 43.5 Å². The summed E-state index contributed by atoms with van der Waals surface area (Å²) >= 11 is 0. The van der Waals surface area contributed by atoms with E-state index in [0.717, 1.165) is 45.6 Å². The Morgan fingerprint density at radius 1 is 1.00 bits per heavy atom. The molecule has 0 saturated carbocycles. The van der Waals surface area contributed by atoms with Gasteiger partial charge in [-0.15, -0.1) is 0 Å². The minimum absolute atomic E-state index is 0.0143. The maximum absolute atomic E-state index is 12.2. The lowest BCUT2D eigenvalue weighted by molar-refractivity contribution is -0.116. The van der Waals surface area contributed by atoms with Crippen LogP contribution in [0.1, 0.15) is 46.8 Å². The molecule has 200 valence electrons. The molecule has 1 amide bonds. The number of aliphatic hydroxyl groups excluding tert-OH is 1. The first-order chi connectivity index (χ1) is 18.6. The number of aromatic hydroxyl groups is 1. The van der Waals surface area contributed by atoms with E-state index in [4.69, 9.17) is 0 Å². The highest BCUT2D eigenvalue weighted by Gasteiger charge is 2.26. The van der Waals surface area contributed by atoms with Crippen LogP contribution in [0.3, 0.4) is 0 Å². The second kappa shape index (κ2) is 13.9. The molecule has 0 unspecified atom stereocenters.